The molecule has 0 amide bonds. The van der Waals surface area contributed by atoms with Gasteiger partial charge in [0.2, 0.25) is 0 Å². The summed E-state index contributed by atoms with van der Waals surface area (Å²) in [6.45, 7) is 4.19. The molecule has 16 heavy (non-hydrogen) atoms. The van der Waals surface area contributed by atoms with Crippen molar-refractivity contribution in [1.29, 1.82) is 0 Å². The lowest BCUT2D eigenvalue weighted by molar-refractivity contribution is 0.908. The molecule has 2 aromatic rings. The van der Waals surface area contributed by atoms with Crippen molar-refractivity contribution in [3.63, 3.8) is 0 Å². The smallest absolute Gasteiger partial charge is 0.0436 e. The van der Waals surface area contributed by atoms with Gasteiger partial charge in [-0.15, -0.1) is 0 Å². The van der Waals surface area contributed by atoms with E-state index in [9.17, 15) is 0 Å². The van der Waals surface area contributed by atoms with E-state index in [0.29, 0.717) is 0 Å². The summed E-state index contributed by atoms with van der Waals surface area (Å²) < 4.78 is 2.16. The van der Waals surface area contributed by atoms with Crippen LogP contribution in [-0.2, 0) is 7.05 Å². The molecule has 0 fully saturated rings. The number of hydrogen-bond acceptors (Lipinski definition) is 1. The molecule has 0 radical (unpaired) electrons. The van der Waals surface area contributed by atoms with E-state index >= 15 is 0 Å². The first-order valence-electron chi connectivity index (χ1n) is 5.42. The Kier molecular flexibility index (Phi) is 2.91. The molecule has 2 nitrogen and oxygen atoms in total. The molecule has 2 rings (SSSR count). The second-order valence-corrected chi connectivity index (χ2v) is 3.93. The topological polar surface area (TPSA) is 17.8 Å². The van der Waals surface area contributed by atoms with E-state index in [2.05, 4.69) is 48.8 Å². The molecule has 2 aromatic heterocycles. The van der Waals surface area contributed by atoms with Crippen molar-refractivity contribution < 1.29 is 0 Å². The van der Waals surface area contributed by atoms with E-state index in [1.54, 1.807) is 0 Å². The zero-order valence-electron chi connectivity index (χ0n) is 9.94. The average Bonchev–Trinajstić information content (AvgIpc) is 2.71. The van der Waals surface area contributed by atoms with Crippen molar-refractivity contribution in [3.05, 3.63) is 48.6 Å². The summed E-state index contributed by atoms with van der Waals surface area (Å²) in [7, 11) is 2.08. The highest BCUT2D eigenvalue weighted by Gasteiger charge is 2.05. The molecule has 2 heterocycles. The van der Waals surface area contributed by atoms with Crippen LogP contribution in [0, 0.1) is 0 Å². The molecule has 2 heteroatoms. The number of pyridine rings is 1. The van der Waals surface area contributed by atoms with Gasteiger partial charge in [-0.25, -0.2) is 0 Å². The molecular formula is C14H16N2. The number of aryl methyl sites for hydroxylation is 1. The molecule has 0 aliphatic heterocycles. The minimum Gasteiger partial charge on any atom is -0.350 e. The minimum atomic E-state index is 1.21. The van der Waals surface area contributed by atoms with Gasteiger partial charge in [0.25, 0.3) is 0 Å². The standard InChI is InChI=1S/C14H16N2/c1-4-11(2)14-9-13(10-16(14)3)12-5-7-15-8-6-12/h4-10H,1-3H3/b11-4+. The number of allylic oxidation sites excluding steroid dienone is 2. The summed E-state index contributed by atoms with van der Waals surface area (Å²) >= 11 is 0. The molecule has 0 N–H and O–H groups in total. The van der Waals surface area contributed by atoms with Crippen LogP contribution in [0.15, 0.2) is 42.9 Å². The molecule has 82 valence electrons. The maximum absolute atomic E-state index is 4.03. The van der Waals surface area contributed by atoms with Crippen molar-refractivity contribution in [2.45, 2.75) is 13.8 Å². The average molecular weight is 212 g/mol. The lowest BCUT2D eigenvalue weighted by Crippen LogP contribution is -1.90. The van der Waals surface area contributed by atoms with E-state index in [0.717, 1.165) is 0 Å². The predicted octanol–water partition coefficient (Wildman–Crippen LogP) is 3.51. The van der Waals surface area contributed by atoms with Crippen LogP contribution >= 0.6 is 0 Å². The molecular weight excluding hydrogens is 196 g/mol. The third kappa shape index (κ3) is 1.91. The van der Waals surface area contributed by atoms with Gasteiger partial charge in [-0.05, 0) is 43.2 Å². The summed E-state index contributed by atoms with van der Waals surface area (Å²) in [6, 6.07) is 6.28. The van der Waals surface area contributed by atoms with E-state index in [-0.39, 0.29) is 0 Å². The van der Waals surface area contributed by atoms with Crippen molar-refractivity contribution in [1.82, 2.24) is 9.55 Å². The molecule has 0 bridgehead atoms. The fourth-order valence-corrected chi connectivity index (χ4v) is 1.81. The molecule has 0 aliphatic rings. The summed E-state index contributed by atoms with van der Waals surface area (Å²) in [5.74, 6) is 0. The summed E-state index contributed by atoms with van der Waals surface area (Å²) in [5, 5.41) is 0. The second kappa shape index (κ2) is 4.35. The second-order valence-electron chi connectivity index (χ2n) is 3.93. The van der Waals surface area contributed by atoms with Crippen molar-refractivity contribution in [2.24, 2.45) is 7.05 Å². The zero-order valence-corrected chi connectivity index (χ0v) is 9.94. The Morgan fingerprint density at radius 1 is 1.25 bits per heavy atom. The minimum absolute atomic E-state index is 1.21. The van der Waals surface area contributed by atoms with E-state index < -0.39 is 0 Å². The molecule has 0 spiro atoms. The largest absolute Gasteiger partial charge is 0.350 e. The van der Waals surface area contributed by atoms with E-state index in [1.165, 1.54) is 22.4 Å². The van der Waals surface area contributed by atoms with Gasteiger partial charge >= 0.3 is 0 Å². The van der Waals surface area contributed by atoms with Gasteiger partial charge in [0.05, 0.1) is 0 Å². The molecule has 0 atom stereocenters. The van der Waals surface area contributed by atoms with Crippen LogP contribution in [0.5, 0.6) is 0 Å². The Bertz CT molecular complexity index is 507. The van der Waals surface area contributed by atoms with E-state index in [4.69, 9.17) is 0 Å². The number of aromatic nitrogens is 2. The Morgan fingerprint density at radius 2 is 1.94 bits per heavy atom. The monoisotopic (exact) mass is 212 g/mol. The summed E-state index contributed by atoms with van der Waals surface area (Å²) in [4.78, 5) is 4.03. The van der Waals surface area contributed by atoms with Crippen LogP contribution in [0.3, 0.4) is 0 Å². The van der Waals surface area contributed by atoms with E-state index in [1.807, 2.05) is 24.5 Å². The summed E-state index contributed by atoms with van der Waals surface area (Å²) in [5.41, 5.74) is 5.00. The van der Waals surface area contributed by atoms with Gasteiger partial charge in [0, 0.05) is 36.9 Å². The van der Waals surface area contributed by atoms with Gasteiger partial charge < -0.3 is 4.57 Å². The molecule has 0 saturated carbocycles. The van der Waals surface area contributed by atoms with Gasteiger partial charge in [-0.1, -0.05) is 6.08 Å². The van der Waals surface area contributed by atoms with Crippen molar-refractivity contribution in [2.75, 3.05) is 0 Å². The van der Waals surface area contributed by atoms with Crippen LogP contribution < -0.4 is 0 Å². The van der Waals surface area contributed by atoms with Crippen molar-refractivity contribution >= 4 is 5.57 Å². The maximum atomic E-state index is 4.03. The highest BCUT2D eigenvalue weighted by atomic mass is 14.9. The van der Waals surface area contributed by atoms with Crippen LogP contribution in [0.1, 0.15) is 19.5 Å². The van der Waals surface area contributed by atoms with Gasteiger partial charge in [0.15, 0.2) is 0 Å². The first-order chi connectivity index (χ1) is 7.72. The van der Waals surface area contributed by atoms with Crippen LogP contribution in [-0.4, -0.2) is 9.55 Å². The Labute approximate surface area is 96.3 Å². The lowest BCUT2D eigenvalue weighted by Gasteiger charge is -2.00. The first-order valence-corrected chi connectivity index (χ1v) is 5.42. The van der Waals surface area contributed by atoms with Crippen molar-refractivity contribution in [3.8, 4) is 11.1 Å². The van der Waals surface area contributed by atoms with Gasteiger partial charge in [-0.2, -0.15) is 0 Å². The van der Waals surface area contributed by atoms with Crippen LogP contribution in [0.2, 0.25) is 0 Å². The van der Waals surface area contributed by atoms with Gasteiger partial charge in [-0.3, -0.25) is 4.98 Å². The first kappa shape index (κ1) is 10.7. The molecule has 0 unspecified atom stereocenters. The van der Waals surface area contributed by atoms with Crippen LogP contribution in [0.25, 0.3) is 16.7 Å². The SMILES string of the molecule is C/C=C(\C)c1cc(-c2ccncc2)cn1C. The Hall–Kier alpha value is -1.83. The maximum Gasteiger partial charge on any atom is 0.0436 e. The molecule has 0 aromatic carbocycles. The highest BCUT2D eigenvalue weighted by Crippen LogP contribution is 2.24. The Morgan fingerprint density at radius 3 is 2.56 bits per heavy atom. The fraction of sp³-hybridized carbons (Fsp3) is 0.214. The van der Waals surface area contributed by atoms with Crippen LogP contribution in [0.4, 0.5) is 0 Å². The number of rotatable bonds is 2. The normalized spacial score (nSPS) is 11.8. The predicted molar refractivity (Wildman–Crippen MR) is 68.0 cm³/mol. The summed E-state index contributed by atoms with van der Waals surface area (Å²) in [6.07, 6.45) is 7.93. The quantitative estimate of drug-likeness (QED) is 0.744. The molecule has 0 aliphatic carbocycles. The molecule has 0 saturated heterocycles. The highest BCUT2D eigenvalue weighted by molar-refractivity contribution is 5.70. The third-order valence-electron chi connectivity index (χ3n) is 2.86. The Balaban J connectivity index is 2.46. The fourth-order valence-electron chi connectivity index (χ4n) is 1.81. The third-order valence-corrected chi connectivity index (χ3v) is 2.86. The lowest BCUT2D eigenvalue weighted by atomic mass is 10.1. The number of hydrogen-bond donors (Lipinski definition) is 0. The zero-order chi connectivity index (χ0) is 11.5. The van der Waals surface area contributed by atoms with Gasteiger partial charge in [0.1, 0.15) is 0 Å². The number of nitrogens with zero attached hydrogens (tertiary/aromatic N) is 2.